The molecule has 0 saturated carbocycles. The van der Waals surface area contributed by atoms with Gasteiger partial charge < -0.3 is 10.5 Å². The van der Waals surface area contributed by atoms with Crippen LogP contribution in [0.25, 0.3) is 0 Å². The summed E-state index contributed by atoms with van der Waals surface area (Å²) in [5.74, 6) is -0.165. The first-order valence-corrected chi connectivity index (χ1v) is 4.36. The zero-order valence-corrected chi connectivity index (χ0v) is 8.88. The number of aryl methyl sites for hydroxylation is 1. The van der Waals surface area contributed by atoms with E-state index in [0.717, 1.165) is 5.56 Å². The van der Waals surface area contributed by atoms with Crippen molar-refractivity contribution in [3.8, 4) is 0 Å². The minimum Gasteiger partial charge on any atom is -0.464 e. The van der Waals surface area contributed by atoms with E-state index in [0.29, 0.717) is 10.3 Å². The third-order valence-electron chi connectivity index (χ3n) is 1.58. The van der Waals surface area contributed by atoms with Gasteiger partial charge in [-0.05, 0) is 34.5 Å². The number of pyridine rings is 1. The van der Waals surface area contributed by atoms with Crippen molar-refractivity contribution in [2.45, 2.75) is 6.92 Å². The van der Waals surface area contributed by atoms with Crippen LogP contribution in [0, 0.1) is 6.92 Å². The summed E-state index contributed by atoms with van der Waals surface area (Å²) in [7, 11) is 1.30. The van der Waals surface area contributed by atoms with Gasteiger partial charge in [0.1, 0.15) is 5.82 Å². The molecule has 0 spiro atoms. The van der Waals surface area contributed by atoms with Crippen LogP contribution in [0.2, 0.25) is 0 Å². The van der Waals surface area contributed by atoms with Crippen LogP contribution in [0.1, 0.15) is 16.1 Å². The van der Waals surface area contributed by atoms with E-state index in [2.05, 4.69) is 25.7 Å². The molecule has 0 aromatic carbocycles. The van der Waals surface area contributed by atoms with Crippen LogP contribution < -0.4 is 5.73 Å². The standard InChI is InChI=1S/C8H9BrN2O2/c1-4-3-5(9)6(8(12)13-2)11-7(4)10/h3H,1-2H3,(H2,10,11). The maximum absolute atomic E-state index is 11.1. The van der Waals surface area contributed by atoms with Crippen molar-refractivity contribution in [1.82, 2.24) is 4.98 Å². The van der Waals surface area contributed by atoms with E-state index >= 15 is 0 Å². The number of halogens is 1. The van der Waals surface area contributed by atoms with Crippen LogP contribution in [0.5, 0.6) is 0 Å². The Morgan fingerprint density at radius 3 is 2.85 bits per heavy atom. The van der Waals surface area contributed by atoms with Gasteiger partial charge in [-0.25, -0.2) is 9.78 Å². The number of aromatic nitrogens is 1. The van der Waals surface area contributed by atoms with Gasteiger partial charge in [0.05, 0.1) is 11.6 Å². The molecule has 1 aromatic rings. The number of carbonyl (C=O) groups is 1. The fraction of sp³-hybridized carbons (Fsp3) is 0.250. The lowest BCUT2D eigenvalue weighted by molar-refractivity contribution is 0.0593. The van der Waals surface area contributed by atoms with E-state index in [-0.39, 0.29) is 5.69 Å². The Morgan fingerprint density at radius 1 is 1.69 bits per heavy atom. The molecule has 70 valence electrons. The summed E-state index contributed by atoms with van der Waals surface area (Å²) in [6.07, 6.45) is 0. The molecule has 0 aliphatic carbocycles. The number of carbonyl (C=O) groups excluding carboxylic acids is 1. The van der Waals surface area contributed by atoms with Gasteiger partial charge >= 0.3 is 5.97 Å². The van der Waals surface area contributed by atoms with E-state index in [1.165, 1.54) is 7.11 Å². The number of methoxy groups -OCH3 is 1. The maximum atomic E-state index is 11.1. The lowest BCUT2D eigenvalue weighted by atomic mass is 10.2. The number of esters is 1. The summed E-state index contributed by atoms with van der Waals surface area (Å²) >= 11 is 3.20. The number of nitrogen functional groups attached to an aromatic ring is 1. The second-order valence-corrected chi connectivity index (χ2v) is 3.37. The van der Waals surface area contributed by atoms with Crippen molar-refractivity contribution in [2.75, 3.05) is 12.8 Å². The van der Waals surface area contributed by atoms with E-state index < -0.39 is 5.97 Å². The van der Waals surface area contributed by atoms with E-state index in [4.69, 9.17) is 5.73 Å². The molecule has 0 radical (unpaired) electrons. The zero-order chi connectivity index (χ0) is 10.0. The smallest absolute Gasteiger partial charge is 0.357 e. The molecule has 0 bridgehead atoms. The molecule has 1 aromatic heterocycles. The molecular weight excluding hydrogens is 236 g/mol. The quantitative estimate of drug-likeness (QED) is 0.762. The zero-order valence-electron chi connectivity index (χ0n) is 7.30. The molecule has 0 unspecified atom stereocenters. The summed E-state index contributed by atoms with van der Waals surface area (Å²) in [6, 6.07) is 1.73. The van der Waals surface area contributed by atoms with Crippen LogP contribution in [0.15, 0.2) is 10.5 Å². The SMILES string of the molecule is COC(=O)c1nc(N)c(C)cc1Br. The Bertz CT molecular complexity index is 352. The summed E-state index contributed by atoms with van der Waals surface area (Å²) in [6.45, 7) is 1.81. The van der Waals surface area contributed by atoms with Gasteiger partial charge in [0.2, 0.25) is 0 Å². The molecule has 2 N–H and O–H groups in total. The topological polar surface area (TPSA) is 65.2 Å². The van der Waals surface area contributed by atoms with Gasteiger partial charge in [0.15, 0.2) is 5.69 Å². The van der Waals surface area contributed by atoms with Crippen molar-refractivity contribution >= 4 is 27.7 Å². The van der Waals surface area contributed by atoms with Crippen LogP contribution in [0.3, 0.4) is 0 Å². The first-order valence-electron chi connectivity index (χ1n) is 3.57. The third kappa shape index (κ3) is 1.98. The normalized spacial score (nSPS) is 9.77. The number of hydrogen-bond acceptors (Lipinski definition) is 4. The summed E-state index contributed by atoms with van der Waals surface area (Å²) in [4.78, 5) is 15.0. The van der Waals surface area contributed by atoms with Gasteiger partial charge in [-0.15, -0.1) is 0 Å². The van der Waals surface area contributed by atoms with Gasteiger partial charge in [0, 0.05) is 0 Å². The third-order valence-corrected chi connectivity index (χ3v) is 2.19. The van der Waals surface area contributed by atoms with Crippen LogP contribution >= 0.6 is 15.9 Å². The lowest BCUT2D eigenvalue weighted by Crippen LogP contribution is -2.08. The molecular formula is C8H9BrN2O2. The summed E-state index contributed by atoms with van der Waals surface area (Å²) in [5, 5.41) is 0. The van der Waals surface area contributed by atoms with Gasteiger partial charge in [-0.3, -0.25) is 0 Å². The van der Waals surface area contributed by atoms with Crippen LogP contribution in [-0.2, 0) is 4.74 Å². The van der Waals surface area contributed by atoms with Gasteiger partial charge in [-0.2, -0.15) is 0 Å². The highest BCUT2D eigenvalue weighted by Crippen LogP contribution is 2.20. The van der Waals surface area contributed by atoms with Gasteiger partial charge in [-0.1, -0.05) is 0 Å². The second kappa shape index (κ2) is 3.74. The molecule has 13 heavy (non-hydrogen) atoms. The molecule has 0 fully saturated rings. The molecule has 4 nitrogen and oxygen atoms in total. The summed E-state index contributed by atoms with van der Waals surface area (Å²) < 4.78 is 5.11. The lowest BCUT2D eigenvalue weighted by Gasteiger charge is -2.04. The highest BCUT2D eigenvalue weighted by Gasteiger charge is 2.13. The highest BCUT2D eigenvalue weighted by molar-refractivity contribution is 9.10. The van der Waals surface area contributed by atoms with E-state index in [1.807, 2.05) is 6.92 Å². The number of nitrogens with two attached hydrogens (primary N) is 1. The monoisotopic (exact) mass is 244 g/mol. The maximum Gasteiger partial charge on any atom is 0.357 e. The largest absolute Gasteiger partial charge is 0.464 e. The predicted molar refractivity (Wildman–Crippen MR) is 52.4 cm³/mol. The minimum atomic E-state index is -0.501. The molecule has 5 heteroatoms. The fourth-order valence-electron chi connectivity index (χ4n) is 0.834. The van der Waals surface area contributed by atoms with Gasteiger partial charge in [0.25, 0.3) is 0 Å². The fourth-order valence-corrected chi connectivity index (χ4v) is 1.43. The molecule has 0 saturated heterocycles. The van der Waals surface area contributed by atoms with Crippen LogP contribution in [0.4, 0.5) is 5.82 Å². The Kier molecular flexibility index (Phi) is 2.87. The first kappa shape index (κ1) is 9.98. The second-order valence-electron chi connectivity index (χ2n) is 2.51. The van der Waals surface area contributed by atoms with Crippen LogP contribution in [-0.4, -0.2) is 18.1 Å². The number of rotatable bonds is 1. The van der Waals surface area contributed by atoms with E-state index in [1.54, 1.807) is 6.07 Å². The molecule has 0 aliphatic heterocycles. The van der Waals surface area contributed by atoms with Crippen molar-refractivity contribution in [3.63, 3.8) is 0 Å². The summed E-state index contributed by atoms with van der Waals surface area (Å²) in [5.41, 5.74) is 6.56. The van der Waals surface area contributed by atoms with Crippen molar-refractivity contribution in [1.29, 1.82) is 0 Å². The Hall–Kier alpha value is -1.10. The van der Waals surface area contributed by atoms with Crippen molar-refractivity contribution in [3.05, 3.63) is 21.8 Å². The molecule has 0 aliphatic rings. The number of nitrogens with zero attached hydrogens (tertiary/aromatic N) is 1. The van der Waals surface area contributed by atoms with Crippen molar-refractivity contribution < 1.29 is 9.53 Å². The van der Waals surface area contributed by atoms with Crippen molar-refractivity contribution in [2.24, 2.45) is 0 Å². The number of hydrogen-bond donors (Lipinski definition) is 1. The molecule has 1 heterocycles. The average Bonchev–Trinajstić information content (AvgIpc) is 2.10. The number of ether oxygens (including phenoxy) is 1. The average molecular weight is 245 g/mol. The first-order chi connectivity index (χ1) is 6.06. The Balaban J connectivity index is 3.23. The van der Waals surface area contributed by atoms with E-state index in [9.17, 15) is 4.79 Å². The molecule has 1 rings (SSSR count). The molecule has 0 amide bonds. The minimum absolute atomic E-state index is 0.200. The Labute approximate surface area is 84.2 Å². The molecule has 0 atom stereocenters. The predicted octanol–water partition coefficient (Wildman–Crippen LogP) is 1.52. The Morgan fingerprint density at radius 2 is 2.31 bits per heavy atom. The highest BCUT2D eigenvalue weighted by atomic mass is 79.9. The number of anilines is 1.